The Bertz CT molecular complexity index is 1130. The van der Waals surface area contributed by atoms with E-state index >= 15 is 0 Å². The Labute approximate surface area is 314 Å². The first-order valence-corrected chi connectivity index (χ1v) is 21.0. The molecule has 0 fully saturated rings. The zero-order valence-electron chi connectivity index (χ0n) is 32.0. The van der Waals surface area contributed by atoms with Gasteiger partial charge in [-0.25, -0.2) is 4.57 Å². The van der Waals surface area contributed by atoms with Crippen molar-refractivity contribution in [2.75, 3.05) is 13.2 Å². The number of esters is 2. The first-order valence-electron chi connectivity index (χ1n) is 19.5. The second-order valence-corrected chi connectivity index (χ2v) is 14.0. The van der Waals surface area contributed by atoms with E-state index in [1.807, 2.05) is 12.2 Å². The van der Waals surface area contributed by atoms with Crippen molar-refractivity contribution in [2.24, 2.45) is 0 Å². The van der Waals surface area contributed by atoms with Gasteiger partial charge in [-0.2, -0.15) is 0 Å². The summed E-state index contributed by atoms with van der Waals surface area (Å²) in [5, 5.41) is 10.2. The number of ether oxygens (including phenoxy) is 2. The highest BCUT2D eigenvalue weighted by Crippen LogP contribution is 2.36. The molecular weight excluding hydrogens is 679 g/mol. The van der Waals surface area contributed by atoms with Crippen LogP contribution < -0.4 is 0 Å². The lowest BCUT2D eigenvalue weighted by molar-refractivity contribution is -0.161. The molecule has 296 valence electrons. The lowest BCUT2D eigenvalue weighted by Crippen LogP contribution is -2.29. The van der Waals surface area contributed by atoms with Crippen molar-refractivity contribution in [1.29, 1.82) is 0 Å². The lowest BCUT2D eigenvalue weighted by Gasteiger charge is -2.18. The predicted octanol–water partition coefficient (Wildman–Crippen LogP) is 10.6. The topological polar surface area (TPSA) is 140 Å². The summed E-state index contributed by atoms with van der Waals surface area (Å²) in [7, 11) is -4.81. The van der Waals surface area contributed by atoms with Crippen molar-refractivity contribution >= 4 is 19.8 Å². The first kappa shape index (κ1) is 49.2. The van der Waals surface area contributed by atoms with Gasteiger partial charge in [-0.15, -0.1) is 0 Å². The highest BCUT2D eigenvalue weighted by atomic mass is 31.2. The number of allylic oxidation sites excluding steroid dienone is 13. The zero-order valence-corrected chi connectivity index (χ0v) is 32.9. The van der Waals surface area contributed by atoms with Gasteiger partial charge >= 0.3 is 19.8 Å². The van der Waals surface area contributed by atoms with E-state index in [0.29, 0.717) is 19.3 Å². The second kappa shape index (κ2) is 36.5. The minimum absolute atomic E-state index is 0.0295. The Balaban J connectivity index is 4.20. The number of carbonyl (C=O) groups excluding carboxylic acids is 2. The maximum atomic E-state index is 12.4. The van der Waals surface area contributed by atoms with E-state index in [9.17, 15) is 19.3 Å². The van der Waals surface area contributed by atoms with Gasteiger partial charge in [0.05, 0.1) is 12.7 Å². The van der Waals surface area contributed by atoms with Gasteiger partial charge in [0.1, 0.15) is 6.61 Å². The number of hydrogen-bond acceptors (Lipinski definition) is 7. The van der Waals surface area contributed by atoms with Crippen LogP contribution in [0.3, 0.4) is 0 Å². The van der Waals surface area contributed by atoms with Gasteiger partial charge in [-0.1, -0.05) is 137 Å². The van der Waals surface area contributed by atoms with Crippen LogP contribution in [-0.4, -0.2) is 52.3 Å². The quantitative estimate of drug-likeness (QED) is 0.0193. The Hall–Kier alpha value is -2.81. The molecule has 52 heavy (non-hydrogen) atoms. The monoisotopic (exact) mass is 748 g/mol. The van der Waals surface area contributed by atoms with Gasteiger partial charge in [-0.3, -0.25) is 14.1 Å². The second-order valence-electron chi connectivity index (χ2n) is 12.7. The van der Waals surface area contributed by atoms with E-state index in [-0.39, 0.29) is 19.4 Å². The van der Waals surface area contributed by atoms with E-state index in [1.165, 1.54) is 25.7 Å². The van der Waals surface area contributed by atoms with Gasteiger partial charge in [0.25, 0.3) is 0 Å². The van der Waals surface area contributed by atoms with Gasteiger partial charge < -0.3 is 24.4 Å². The molecule has 2 atom stereocenters. The van der Waals surface area contributed by atoms with Gasteiger partial charge in [0, 0.05) is 12.8 Å². The van der Waals surface area contributed by atoms with Gasteiger partial charge in [-0.05, 0) is 77.0 Å². The van der Waals surface area contributed by atoms with Crippen LogP contribution in [0.1, 0.15) is 142 Å². The number of hydrogen-bond donors (Lipinski definition) is 3. The Morgan fingerprint density at radius 2 is 1.15 bits per heavy atom. The Kier molecular flexibility index (Phi) is 34.6. The molecule has 0 aliphatic rings. The SMILES string of the molecule is CC/C=C\C/C=C\C/C=C\C/C=C\C=C\C(O)CCCC(=O)OC[C@H](COP(=O)(O)O)OC(=O)CCCCCCCC/C=C\C/C=C\CCCCC. The zero-order chi connectivity index (χ0) is 38.4. The summed E-state index contributed by atoms with van der Waals surface area (Å²) in [4.78, 5) is 42.8. The van der Waals surface area contributed by atoms with Gasteiger partial charge in [0.15, 0.2) is 6.10 Å². The third kappa shape index (κ3) is 38.4. The van der Waals surface area contributed by atoms with Crippen LogP contribution >= 0.6 is 7.82 Å². The third-order valence-corrected chi connectivity index (χ3v) is 8.24. The van der Waals surface area contributed by atoms with Crippen molar-refractivity contribution in [3.05, 3.63) is 85.1 Å². The Morgan fingerprint density at radius 1 is 0.615 bits per heavy atom. The molecule has 0 heterocycles. The number of carbonyl (C=O) groups is 2. The van der Waals surface area contributed by atoms with Crippen molar-refractivity contribution in [2.45, 2.75) is 154 Å². The maximum Gasteiger partial charge on any atom is 0.469 e. The fraction of sp³-hybridized carbons (Fsp3) is 0.619. The average molecular weight is 749 g/mol. The summed E-state index contributed by atoms with van der Waals surface area (Å²) >= 11 is 0. The molecule has 0 aromatic heterocycles. The fourth-order valence-corrected chi connectivity index (χ4v) is 5.20. The molecule has 0 aromatic rings. The largest absolute Gasteiger partial charge is 0.469 e. The molecular formula is C42H69O9P. The van der Waals surface area contributed by atoms with Crippen molar-refractivity contribution in [3.63, 3.8) is 0 Å². The van der Waals surface area contributed by atoms with Crippen molar-refractivity contribution in [1.82, 2.24) is 0 Å². The molecule has 0 aromatic carbocycles. The molecule has 10 heteroatoms. The predicted molar refractivity (Wildman–Crippen MR) is 213 cm³/mol. The van der Waals surface area contributed by atoms with E-state index < -0.39 is 38.6 Å². The molecule has 0 amide bonds. The molecule has 0 bridgehead atoms. The van der Waals surface area contributed by atoms with Crippen LogP contribution in [0.25, 0.3) is 0 Å². The van der Waals surface area contributed by atoms with Crippen LogP contribution in [-0.2, 0) is 28.2 Å². The van der Waals surface area contributed by atoms with Crippen LogP contribution in [0.4, 0.5) is 0 Å². The summed E-state index contributed by atoms with van der Waals surface area (Å²) in [5.74, 6) is -1.11. The van der Waals surface area contributed by atoms with E-state index in [0.717, 1.165) is 70.6 Å². The molecule has 0 saturated heterocycles. The number of aliphatic hydroxyl groups excluding tert-OH is 1. The van der Waals surface area contributed by atoms with Gasteiger partial charge in [0.2, 0.25) is 0 Å². The van der Waals surface area contributed by atoms with Crippen LogP contribution in [0.15, 0.2) is 85.1 Å². The van der Waals surface area contributed by atoms with Crippen molar-refractivity contribution in [3.8, 4) is 0 Å². The fourth-order valence-electron chi connectivity index (χ4n) is 4.84. The molecule has 0 aliphatic heterocycles. The lowest BCUT2D eigenvalue weighted by atomic mass is 10.1. The summed E-state index contributed by atoms with van der Waals surface area (Å²) in [6.45, 7) is 3.34. The van der Waals surface area contributed by atoms with Crippen molar-refractivity contribution < 1.29 is 43.0 Å². The van der Waals surface area contributed by atoms with Crippen LogP contribution in [0, 0.1) is 0 Å². The number of unbranched alkanes of at least 4 members (excludes halogenated alkanes) is 9. The Morgan fingerprint density at radius 3 is 1.77 bits per heavy atom. The van der Waals surface area contributed by atoms with E-state index in [4.69, 9.17) is 19.3 Å². The van der Waals surface area contributed by atoms with E-state index in [2.05, 4.69) is 79.1 Å². The molecule has 9 nitrogen and oxygen atoms in total. The summed E-state index contributed by atoms with van der Waals surface area (Å²) in [5.41, 5.74) is 0. The standard InChI is InChI=1S/C42H69O9P/c1-3-5-7-9-11-13-15-17-18-19-21-23-25-27-29-31-35-42(45)51-40(38-50-52(46,47)48)37-49-41(44)36-32-34-39(43)33-30-28-26-24-22-20-16-14-12-10-8-6-4-2/h6,8,11-14,17-18,20,22,26,28,30,33,39-40,43H,3-5,7,9-10,15-16,19,21,23-25,27,29,31-32,34-38H2,1-2H3,(H2,46,47,48)/b8-6-,13-11-,14-12-,18-17-,22-20-,28-26-,33-30+/t39?,40-/m1/s1. The smallest absolute Gasteiger partial charge is 0.462 e. The van der Waals surface area contributed by atoms with E-state index in [1.54, 1.807) is 12.2 Å². The maximum absolute atomic E-state index is 12.4. The average Bonchev–Trinajstić information content (AvgIpc) is 3.10. The van der Waals surface area contributed by atoms with Crippen LogP contribution in [0.2, 0.25) is 0 Å². The normalized spacial score (nSPS) is 14.0. The number of rotatable bonds is 34. The molecule has 0 rings (SSSR count). The number of phosphoric ester groups is 1. The number of phosphoric acid groups is 1. The summed E-state index contributed by atoms with van der Waals surface area (Å²) in [6.07, 6.45) is 44.7. The molecule has 0 aliphatic carbocycles. The highest BCUT2D eigenvalue weighted by molar-refractivity contribution is 7.46. The molecule has 1 unspecified atom stereocenters. The molecule has 0 saturated carbocycles. The summed E-state index contributed by atoms with van der Waals surface area (Å²) in [6, 6.07) is 0. The molecule has 3 N–H and O–H groups in total. The highest BCUT2D eigenvalue weighted by Gasteiger charge is 2.23. The summed E-state index contributed by atoms with van der Waals surface area (Å²) < 4.78 is 26.2. The molecule has 0 radical (unpaired) electrons. The number of aliphatic hydroxyl groups is 1. The minimum Gasteiger partial charge on any atom is -0.462 e. The molecule has 0 spiro atoms. The first-order chi connectivity index (χ1) is 25.2. The third-order valence-electron chi connectivity index (χ3n) is 7.75. The minimum atomic E-state index is -4.81. The van der Waals surface area contributed by atoms with Crippen LogP contribution in [0.5, 0.6) is 0 Å².